The summed E-state index contributed by atoms with van der Waals surface area (Å²) < 4.78 is 0. The summed E-state index contributed by atoms with van der Waals surface area (Å²) in [4.78, 5) is 1.14. The van der Waals surface area contributed by atoms with Crippen molar-refractivity contribution in [2.75, 3.05) is 0 Å². The molecule has 0 bridgehead atoms. The number of thiocarbonyl (C=S) groups is 1. The van der Waals surface area contributed by atoms with Gasteiger partial charge in [0.2, 0.25) is 0 Å². The van der Waals surface area contributed by atoms with Crippen LogP contribution in [0.5, 0.6) is 0 Å². The van der Waals surface area contributed by atoms with Crippen molar-refractivity contribution in [2.45, 2.75) is 34.1 Å². The highest BCUT2D eigenvalue weighted by atomic mass is 32.1. The molecule has 0 aliphatic rings. The van der Waals surface area contributed by atoms with Crippen molar-refractivity contribution >= 4 is 17.1 Å². The lowest BCUT2D eigenvalue weighted by atomic mass is 9.97. The zero-order valence-electron chi connectivity index (χ0n) is 6.77. The van der Waals surface area contributed by atoms with E-state index in [0.717, 1.165) is 10.8 Å². The predicted molar refractivity (Wildman–Crippen MR) is 46.9 cm³/mol. The first-order valence-electron chi connectivity index (χ1n) is 3.54. The molecule has 0 aromatic carbocycles. The number of rotatable bonds is 3. The van der Waals surface area contributed by atoms with Crippen molar-refractivity contribution in [2.24, 2.45) is 11.8 Å². The third kappa shape index (κ3) is 4.58. The molecule has 0 aliphatic carbocycles. The molecule has 0 aromatic heterocycles. The summed E-state index contributed by atoms with van der Waals surface area (Å²) >= 11 is 5.04. The molecule has 0 fully saturated rings. The highest BCUT2D eigenvalue weighted by Crippen LogP contribution is 2.11. The highest BCUT2D eigenvalue weighted by molar-refractivity contribution is 7.80. The third-order valence-electron chi connectivity index (χ3n) is 1.52. The van der Waals surface area contributed by atoms with Gasteiger partial charge in [-0.25, -0.2) is 0 Å². The summed E-state index contributed by atoms with van der Waals surface area (Å²) in [5.74, 6) is 1.40. The van der Waals surface area contributed by atoms with E-state index in [1.165, 1.54) is 6.42 Å². The van der Waals surface area contributed by atoms with Crippen LogP contribution in [0.2, 0.25) is 0 Å². The molecule has 9 heavy (non-hydrogen) atoms. The minimum absolute atomic E-state index is 0.625. The smallest absolute Gasteiger partial charge is 0.00742 e. The van der Waals surface area contributed by atoms with E-state index >= 15 is 0 Å². The first kappa shape index (κ1) is 9.09. The Morgan fingerprint density at radius 1 is 1.33 bits per heavy atom. The fourth-order valence-electron chi connectivity index (χ4n) is 0.873. The normalized spacial score (nSPS) is 13.9. The van der Waals surface area contributed by atoms with E-state index in [9.17, 15) is 0 Å². The van der Waals surface area contributed by atoms with Gasteiger partial charge < -0.3 is 0 Å². The summed E-state index contributed by atoms with van der Waals surface area (Å²) in [6.45, 7) is 8.69. The molecule has 0 radical (unpaired) electrons. The van der Waals surface area contributed by atoms with Gasteiger partial charge in [-0.15, -0.1) is 0 Å². The molecule has 1 heteroatoms. The SMILES string of the molecule is CC(=S)C(C)CC(C)C. The van der Waals surface area contributed by atoms with Crippen molar-refractivity contribution in [3.8, 4) is 0 Å². The van der Waals surface area contributed by atoms with E-state index in [2.05, 4.69) is 20.8 Å². The van der Waals surface area contributed by atoms with E-state index in [1.807, 2.05) is 6.92 Å². The minimum atomic E-state index is 0.625. The van der Waals surface area contributed by atoms with Crippen molar-refractivity contribution in [3.05, 3.63) is 0 Å². The van der Waals surface area contributed by atoms with Gasteiger partial charge in [-0.05, 0) is 30.0 Å². The molecule has 0 saturated carbocycles. The van der Waals surface area contributed by atoms with Crippen LogP contribution in [0, 0.1) is 11.8 Å². The van der Waals surface area contributed by atoms with E-state index in [-0.39, 0.29) is 0 Å². The van der Waals surface area contributed by atoms with Crippen molar-refractivity contribution in [1.29, 1.82) is 0 Å². The average Bonchev–Trinajstić information content (AvgIpc) is 1.63. The number of hydrogen-bond acceptors (Lipinski definition) is 1. The monoisotopic (exact) mass is 144 g/mol. The van der Waals surface area contributed by atoms with Crippen LogP contribution in [0.3, 0.4) is 0 Å². The van der Waals surface area contributed by atoms with Crippen LogP contribution in [-0.4, -0.2) is 4.86 Å². The Morgan fingerprint density at radius 3 is 1.89 bits per heavy atom. The Bertz CT molecular complexity index is 94.7. The minimum Gasteiger partial charge on any atom is -0.0897 e. The van der Waals surface area contributed by atoms with Crippen LogP contribution >= 0.6 is 12.2 Å². The Labute approximate surface area is 63.7 Å². The fraction of sp³-hybridized carbons (Fsp3) is 0.875. The molecule has 0 aliphatic heterocycles. The maximum Gasteiger partial charge on any atom is -0.00742 e. The summed E-state index contributed by atoms with van der Waals surface area (Å²) in [6.07, 6.45) is 1.23. The molecular formula is C8H16S. The fourth-order valence-corrected chi connectivity index (χ4v) is 0.969. The van der Waals surface area contributed by atoms with Gasteiger partial charge in [0.05, 0.1) is 0 Å². The van der Waals surface area contributed by atoms with Gasteiger partial charge in [-0.3, -0.25) is 0 Å². The molecule has 0 spiro atoms. The Kier molecular flexibility index (Phi) is 4.03. The van der Waals surface area contributed by atoms with E-state index in [0.29, 0.717) is 5.92 Å². The molecule has 0 aromatic rings. The van der Waals surface area contributed by atoms with Crippen LogP contribution in [0.4, 0.5) is 0 Å². The molecule has 0 amide bonds. The van der Waals surface area contributed by atoms with E-state index in [4.69, 9.17) is 12.2 Å². The second-order valence-electron chi connectivity index (χ2n) is 3.14. The van der Waals surface area contributed by atoms with Gasteiger partial charge in [-0.1, -0.05) is 33.0 Å². The summed E-state index contributed by atoms with van der Waals surface area (Å²) in [5, 5.41) is 0. The zero-order valence-corrected chi connectivity index (χ0v) is 7.59. The van der Waals surface area contributed by atoms with Crippen molar-refractivity contribution < 1.29 is 0 Å². The third-order valence-corrected chi connectivity index (χ3v) is 1.92. The molecule has 54 valence electrons. The Hall–Kier alpha value is 0.0900. The van der Waals surface area contributed by atoms with Crippen LogP contribution in [0.15, 0.2) is 0 Å². The van der Waals surface area contributed by atoms with Crippen LogP contribution in [-0.2, 0) is 0 Å². The summed E-state index contributed by atoms with van der Waals surface area (Å²) in [6, 6.07) is 0. The molecule has 0 N–H and O–H groups in total. The van der Waals surface area contributed by atoms with Crippen molar-refractivity contribution in [3.63, 3.8) is 0 Å². The van der Waals surface area contributed by atoms with Gasteiger partial charge in [0.15, 0.2) is 0 Å². The standard InChI is InChI=1S/C8H16S/c1-6(2)5-7(3)8(4)9/h6-7H,5H2,1-4H3. The predicted octanol–water partition coefficient (Wildman–Crippen LogP) is 3.06. The van der Waals surface area contributed by atoms with Gasteiger partial charge in [0.1, 0.15) is 0 Å². The lowest BCUT2D eigenvalue weighted by Crippen LogP contribution is -2.06. The van der Waals surface area contributed by atoms with Gasteiger partial charge >= 0.3 is 0 Å². The van der Waals surface area contributed by atoms with Crippen LogP contribution < -0.4 is 0 Å². The summed E-state index contributed by atoms with van der Waals surface area (Å²) in [5.41, 5.74) is 0. The largest absolute Gasteiger partial charge is 0.0897 e. The second-order valence-corrected chi connectivity index (χ2v) is 3.79. The lowest BCUT2D eigenvalue weighted by Gasteiger charge is -2.11. The molecule has 0 saturated heterocycles. The highest BCUT2D eigenvalue weighted by Gasteiger charge is 2.05. The molecule has 0 nitrogen and oxygen atoms in total. The average molecular weight is 144 g/mol. The Morgan fingerprint density at radius 2 is 1.78 bits per heavy atom. The topological polar surface area (TPSA) is 0 Å². The maximum absolute atomic E-state index is 5.04. The van der Waals surface area contributed by atoms with Crippen molar-refractivity contribution in [1.82, 2.24) is 0 Å². The molecule has 0 heterocycles. The molecular weight excluding hydrogens is 128 g/mol. The first-order chi connectivity index (χ1) is 4.04. The molecule has 1 atom stereocenters. The van der Waals surface area contributed by atoms with Gasteiger partial charge in [-0.2, -0.15) is 0 Å². The van der Waals surface area contributed by atoms with E-state index in [1.54, 1.807) is 0 Å². The zero-order chi connectivity index (χ0) is 7.44. The quantitative estimate of drug-likeness (QED) is 0.549. The lowest BCUT2D eigenvalue weighted by molar-refractivity contribution is 0.524. The molecule has 1 unspecified atom stereocenters. The number of hydrogen-bond donors (Lipinski definition) is 0. The molecule has 0 rings (SSSR count). The van der Waals surface area contributed by atoms with E-state index < -0.39 is 0 Å². The van der Waals surface area contributed by atoms with Gasteiger partial charge in [0.25, 0.3) is 0 Å². The second kappa shape index (κ2) is 3.99. The van der Waals surface area contributed by atoms with Crippen LogP contribution in [0.25, 0.3) is 0 Å². The maximum atomic E-state index is 5.04. The summed E-state index contributed by atoms with van der Waals surface area (Å²) in [7, 11) is 0. The van der Waals surface area contributed by atoms with Crippen LogP contribution in [0.1, 0.15) is 34.1 Å². The Balaban J connectivity index is 3.50. The van der Waals surface area contributed by atoms with Gasteiger partial charge in [0, 0.05) is 0 Å². The first-order valence-corrected chi connectivity index (χ1v) is 3.95.